The van der Waals surface area contributed by atoms with Crippen LogP contribution in [0.5, 0.6) is 0 Å². The second kappa shape index (κ2) is 5.05. The van der Waals surface area contributed by atoms with Crippen molar-refractivity contribution >= 4 is 32.7 Å². The maximum Gasteiger partial charge on any atom is 0.329 e. The number of thiazole rings is 1. The van der Waals surface area contributed by atoms with Crippen molar-refractivity contribution in [3.63, 3.8) is 0 Å². The van der Waals surface area contributed by atoms with Crippen molar-refractivity contribution < 1.29 is 9.90 Å². The van der Waals surface area contributed by atoms with Gasteiger partial charge in [0.25, 0.3) is 0 Å². The molecule has 0 aliphatic carbocycles. The maximum absolute atomic E-state index is 11.8. The summed E-state index contributed by atoms with van der Waals surface area (Å²) in [4.78, 5) is 18.5. The maximum atomic E-state index is 11.8. The van der Waals surface area contributed by atoms with E-state index in [4.69, 9.17) is 0 Å². The molecular weight excluding hydrogens is 272 g/mol. The SMILES string of the molecule is CCCC1(C(=O)O)CCCN1c1nc2ccccc2s1. The van der Waals surface area contributed by atoms with Crippen molar-refractivity contribution in [1.82, 2.24) is 4.98 Å². The summed E-state index contributed by atoms with van der Waals surface area (Å²) in [5.74, 6) is -0.712. The van der Waals surface area contributed by atoms with Gasteiger partial charge < -0.3 is 10.0 Å². The molecule has 1 saturated heterocycles. The Morgan fingerprint density at radius 3 is 3.00 bits per heavy atom. The summed E-state index contributed by atoms with van der Waals surface area (Å²) in [5, 5.41) is 10.6. The van der Waals surface area contributed by atoms with Crippen molar-refractivity contribution in [2.75, 3.05) is 11.4 Å². The average molecular weight is 290 g/mol. The molecule has 4 nitrogen and oxygen atoms in total. The van der Waals surface area contributed by atoms with Gasteiger partial charge in [0, 0.05) is 6.54 Å². The Labute approximate surface area is 122 Å². The first-order chi connectivity index (χ1) is 9.67. The molecular formula is C15H18N2O2S. The molecule has 0 spiro atoms. The number of benzene rings is 1. The van der Waals surface area contributed by atoms with Crippen molar-refractivity contribution in [2.45, 2.75) is 38.1 Å². The van der Waals surface area contributed by atoms with E-state index in [0.717, 1.165) is 34.7 Å². The normalized spacial score (nSPS) is 22.6. The number of aromatic nitrogens is 1. The van der Waals surface area contributed by atoms with Crippen LogP contribution in [0.4, 0.5) is 5.13 Å². The molecule has 0 bridgehead atoms. The number of hydrogen-bond acceptors (Lipinski definition) is 4. The summed E-state index contributed by atoms with van der Waals surface area (Å²) in [7, 11) is 0. The van der Waals surface area contributed by atoms with Gasteiger partial charge in [0.05, 0.1) is 10.2 Å². The third-order valence-corrected chi connectivity index (χ3v) is 5.12. The Hall–Kier alpha value is -1.62. The van der Waals surface area contributed by atoms with E-state index in [2.05, 4.69) is 4.98 Å². The van der Waals surface area contributed by atoms with Crippen LogP contribution in [-0.2, 0) is 4.79 Å². The van der Waals surface area contributed by atoms with Crippen LogP contribution in [-0.4, -0.2) is 28.1 Å². The smallest absolute Gasteiger partial charge is 0.329 e. The molecule has 1 aromatic carbocycles. The molecule has 3 rings (SSSR count). The standard InChI is InChI=1S/C15H18N2O2S/c1-2-8-15(13(18)19)9-5-10-17(15)14-16-11-6-3-4-7-12(11)20-14/h3-4,6-7H,2,5,8-10H2,1H3,(H,18,19). The Balaban J connectivity index is 2.04. The molecule has 2 aromatic rings. The average Bonchev–Trinajstić information content (AvgIpc) is 3.02. The zero-order chi connectivity index (χ0) is 14.2. The van der Waals surface area contributed by atoms with Crippen molar-refractivity contribution in [3.8, 4) is 0 Å². The number of rotatable bonds is 4. The number of fused-ring (bicyclic) bond motifs is 1. The molecule has 1 N–H and O–H groups in total. The molecule has 2 heterocycles. The van der Waals surface area contributed by atoms with Gasteiger partial charge in [-0.25, -0.2) is 9.78 Å². The predicted octanol–water partition coefficient (Wildman–Crippen LogP) is 3.52. The summed E-state index contributed by atoms with van der Waals surface area (Å²) in [6.45, 7) is 2.83. The lowest BCUT2D eigenvalue weighted by atomic mass is 9.91. The zero-order valence-corrected chi connectivity index (χ0v) is 12.3. The zero-order valence-electron chi connectivity index (χ0n) is 11.5. The second-order valence-electron chi connectivity index (χ2n) is 5.31. The van der Waals surface area contributed by atoms with E-state index in [-0.39, 0.29) is 0 Å². The third-order valence-electron chi connectivity index (χ3n) is 4.06. The summed E-state index contributed by atoms with van der Waals surface area (Å²) in [6, 6.07) is 7.97. The lowest BCUT2D eigenvalue weighted by molar-refractivity contribution is -0.143. The van der Waals surface area contributed by atoms with Crippen LogP contribution in [0.25, 0.3) is 10.2 Å². The number of carboxylic acid groups (broad SMARTS) is 1. The molecule has 1 aliphatic rings. The number of hydrogen-bond donors (Lipinski definition) is 1. The Kier molecular flexibility index (Phi) is 3.38. The summed E-state index contributed by atoms with van der Waals surface area (Å²) in [5.41, 5.74) is 0.193. The first-order valence-electron chi connectivity index (χ1n) is 7.04. The van der Waals surface area contributed by atoms with Gasteiger partial charge in [-0.1, -0.05) is 36.8 Å². The van der Waals surface area contributed by atoms with Gasteiger partial charge in [0.15, 0.2) is 5.13 Å². The van der Waals surface area contributed by atoms with Gasteiger partial charge in [-0.3, -0.25) is 0 Å². The van der Waals surface area contributed by atoms with Crippen LogP contribution in [0.2, 0.25) is 0 Å². The fraction of sp³-hybridized carbons (Fsp3) is 0.467. The quantitative estimate of drug-likeness (QED) is 0.936. The van der Waals surface area contributed by atoms with Crippen molar-refractivity contribution in [3.05, 3.63) is 24.3 Å². The van der Waals surface area contributed by atoms with Crippen molar-refractivity contribution in [2.24, 2.45) is 0 Å². The minimum Gasteiger partial charge on any atom is -0.479 e. The lowest BCUT2D eigenvalue weighted by Crippen LogP contribution is -2.50. The molecule has 20 heavy (non-hydrogen) atoms. The number of nitrogens with zero attached hydrogens (tertiary/aromatic N) is 2. The fourth-order valence-corrected chi connectivity index (χ4v) is 4.22. The van der Waals surface area contributed by atoms with Gasteiger partial charge in [-0.2, -0.15) is 0 Å². The van der Waals surface area contributed by atoms with Crippen LogP contribution in [0.15, 0.2) is 24.3 Å². The van der Waals surface area contributed by atoms with Crippen LogP contribution >= 0.6 is 11.3 Å². The van der Waals surface area contributed by atoms with Gasteiger partial charge in [-0.05, 0) is 31.4 Å². The van der Waals surface area contributed by atoms with Crippen LogP contribution < -0.4 is 4.90 Å². The number of carboxylic acids is 1. The Morgan fingerprint density at radius 2 is 2.30 bits per heavy atom. The largest absolute Gasteiger partial charge is 0.479 e. The molecule has 106 valence electrons. The third kappa shape index (κ3) is 1.97. The first kappa shape index (κ1) is 13.4. The summed E-state index contributed by atoms with van der Waals surface area (Å²) in [6.07, 6.45) is 3.18. The number of para-hydroxylation sites is 1. The van der Waals surface area contributed by atoms with E-state index in [1.54, 1.807) is 11.3 Å². The minimum absolute atomic E-state index is 0.679. The molecule has 1 aliphatic heterocycles. The molecule has 1 fully saturated rings. The number of aliphatic carboxylic acids is 1. The molecule has 0 saturated carbocycles. The fourth-order valence-electron chi connectivity index (χ4n) is 3.14. The van der Waals surface area contributed by atoms with Crippen molar-refractivity contribution in [1.29, 1.82) is 0 Å². The molecule has 1 unspecified atom stereocenters. The molecule has 5 heteroatoms. The van der Waals surface area contributed by atoms with Gasteiger partial charge in [0.1, 0.15) is 5.54 Å². The summed E-state index contributed by atoms with van der Waals surface area (Å²) < 4.78 is 1.12. The summed E-state index contributed by atoms with van der Waals surface area (Å²) >= 11 is 1.59. The van der Waals surface area contributed by atoms with Crippen LogP contribution in [0, 0.1) is 0 Å². The van der Waals surface area contributed by atoms with E-state index in [9.17, 15) is 9.90 Å². The van der Waals surface area contributed by atoms with E-state index in [0.29, 0.717) is 12.8 Å². The Bertz CT molecular complexity index is 607. The molecule has 0 amide bonds. The van der Waals surface area contributed by atoms with Crippen LogP contribution in [0.1, 0.15) is 32.6 Å². The first-order valence-corrected chi connectivity index (χ1v) is 7.85. The monoisotopic (exact) mass is 290 g/mol. The molecule has 0 radical (unpaired) electrons. The highest BCUT2D eigenvalue weighted by atomic mass is 32.1. The van der Waals surface area contributed by atoms with Gasteiger partial charge >= 0.3 is 5.97 Å². The van der Waals surface area contributed by atoms with E-state index < -0.39 is 11.5 Å². The Morgan fingerprint density at radius 1 is 1.50 bits per heavy atom. The van der Waals surface area contributed by atoms with E-state index >= 15 is 0 Å². The van der Waals surface area contributed by atoms with Gasteiger partial charge in [0.2, 0.25) is 0 Å². The topological polar surface area (TPSA) is 53.4 Å². The van der Waals surface area contributed by atoms with E-state index in [1.165, 1.54) is 0 Å². The predicted molar refractivity (Wildman–Crippen MR) is 81.5 cm³/mol. The highest BCUT2D eigenvalue weighted by Gasteiger charge is 2.48. The molecule has 1 atom stereocenters. The highest BCUT2D eigenvalue weighted by Crippen LogP contribution is 2.40. The molecule has 1 aromatic heterocycles. The minimum atomic E-state index is -0.761. The number of carbonyl (C=O) groups is 1. The van der Waals surface area contributed by atoms with Crippen LogP contribution in [0.3, 0.4) is 0 Å². The lowest BCUT2D eigenvalue weighted by Gasteiger charge is -2.34. The highest BCUT2D eigenvalue weighted by molar-refractivity contribution is 7.22. The van der Waals surface area contributed by atoms with Gasteiger partial charge in [-0.15, -0.1) is 0 Å². The van der Waals surface area contributed by atoms with E-state index in [1.807, 2.05) is 36.1 Å². The number of anilines is 1. The second-order valence-corrected chi connectivity index (χ2v) is 6.32.